The van der Waals surface area contributed by atoms with Crippen LogP contribution in [0.15, 0.2) is 119 Å². The van der Waals surface area contributed by atoms with E-state index in [0.717, 1.165) is 30.3 Å². The molecule has 0 aliphatic heterocycles. The number of carboxylic acid groups (broad SMARTS) is 1. The predicted molar refractivity (Wildman–Crippen MR) is 247 cm³/mol. The molecule has 1 amide bonds. The maximum Gasteiger partial charge on any atom is 0.338 e. The van der Waals surface area contributed by atoms with Crippen molar-refractivity contribution in [2.24, 2.45) is 40.6 Å². The third-order valence-corrected chi connectivity index (χ3v) is 14.7. The second-order valence-corrected chi connectivity index (χ2v) is 20.9. The number of aromatic carboxylic acids is 1. The first-order valence-corrected chi connectivity index (χ1v) is 25.6. The lowest BCUT2D eigenvalue weighted by Crippen LogP contribution is -2.31. The number of rotatable bonds is 17. The SMILES string of the molecule is NS(=O)(=O)c1ccccc1.O=C(NS(=O)(=O)c1ccccc1)c1ccc(-n2ccc(OCC(C3CC3)C3CC3)n2)nc1Cl.O=C(O)c1ccc(-n2ccc(OCC(C3CC3)C3CC3)n2)nc1Cl. The molecule has 0 spiro atoms. The van der Waals surface area contributed by atoms with Crippen molar-refractivity contribution in [3.63, 3.8) is 0 Å². The van der Waals surface area contributed by atoms with Crippen LogP contribution in [0.1, 0.15) is 72.1 Å². The molecular weight excluding hydrogens is 944 g/mol. The zero-order chi connectivity index (χ0) is 47.3. The second-order valence-electron chi connectivity index (χ2n) is 16.9. The molecule has 4 fully saturated rings. The molecule has 0 saturated heterocycles. The van der Waals surface area contributed by atoms with Gasteiger partial charge in [0.2, 0.25) is 21.8 Å². The number of nitrogens with two attached hydrogens (primary N) is 1. The molecule has 4 heterocycles. The van der Waals surface area contributed by atoms with Gasteiger partial charge >= 0.3 is 5.97 Å². The van der Waals surface area contributed by atoms with E-state index >= 15 is 0 Å². The third kappa shape index (κ3) is 13.0. The summed E-state index contributed by atoms with van der Waals surface area (Å²) in [6.45, 7) is 1.40. The van der Waals surface area contributed by atoms with Gasteiger partial charge in [0.05, 0.1) is 34.1 Å². The van der Waals surface area contributed by atoms with E-state index in [1.165, 1.54) is 97.1 Å². The van der Waals surface area contributed by atoms with E-state index in [-0.39, 0.29) is 31.2 Å². The number of hydrogen-bond acceptors (Lipinski definition) is 12. The summed E-state index contributed by atoms with van der Waals surface area (Å²) in [6.07, 6.45) is 14.0. The van der Waals surface area contributed by atoms with Crippen LogP contribution >= 0.6 is 23.2 Å². The summed E-state index contributed by atoms with van der Waals surface area (Å²) < 4.78 is 62.9. The first-order valence-electron chi connectivity index (χ1n) is 21.8. The molecule has 10 rings (SSSR count). The van der Waals surface area contributed by atoms with Gasteiger partial charge < -0.3 is 14.6 Å². The highest BCUT2D eigenvalue weighted by atomic mass is 35.5. The molecule has 21 heteroatoms. The van der Waals surface area contributed by atoms with E-state index in [2.05, 4.69) is 20.2 Å². The number of pyridine rings is 2. The van der Waals surface area contributed by atoms with Crippen molar-refractivity contribution in [2.45, 2.75) is 61.2 Å². The number of benzene rings is 2. The van der Waals surface area contributed by atoms with E-state index in [1.54, 1.807) is 73.1 Å². The van der Waals surface area contributed by atoms with Crippen LogP contribution in [0.3, 0.4) is 0 Å². The minimum Gasteiger partial charge on any atom is -0.478 e. The summed E-state index contributed by atoms with van der Waals surface area (Å²) in [6, 6.07) is 25.0. The molecule has 6 aromatic rings. The van der Waals surface area contributed by atoms with Crippen molar-refractivity contribution in [1.82, 2.24) is 34.3 Å². The lowest BCUT2D eigenvalue weighted by atomic mass is 9.99. The molecule has 4 N–H and O–H groups in total. The summed E-state index contributed by atoms with van der Waals surface area (Å²) in [5.74, 6) is 4.50. The average molecular weight is 992 g/mol. The Bertz CT molecular complexity index is 2900. The first kappa shape index (κ1) is 47.6. The number of nitrogens with zero attached hydrogens (tertiary/aromatic N) is 6. The Hall–Kier alpha value is -5.86. The number of sulfonamides is 2. The van der Waals surface area contributed by atoms with Crippen molar-refractivity contribution in [3.05, 3.63) is 131 Å². The zero-order valence-corrected chi connectivity index (χ0v) is 39.1. The number of ether oxygens (including phenoxy) is 2. The Labute approximate surface area is 397 Å². The topological polar surface area (TPSA) is 241 Å². The normalized spacial score (nSPS) is 15.8. The van der Waals surface area contributed by atoms with Crippen molar-refractivity contribution in [1.29, 1.82) is 0 Å². The van der Waals surface area contributed by atoms with Crippen molar-refractivity contribution in [3.8, 4) is 23.4 Å². The van der Waals surface area contributed by atoms with Crippen LogP contribution in [0.5, 0.6) is 11.8 Å². The number of aromatic nitrogens is 6. The Kier molecular flexibility index (Phi) is 14.6. The molecule has 4 aliphatic carbocycles. The standard InChI is InChI=1S/C23H23ClN4O4S.C17H18ClN3O3.C6H7NO2S/c24-22-18(23(29)27-33(30,31)17-4-2-1-3-5-17)10-11-20(25-22)28-13-12-21(26-28)32-14-19(15-6-7-15)16-8-9-16;18-16-12(17(22)23)5-6-14(19-16)21-8-7-15(20-21)24-9-13(10-1-2-10)11-3-4-11;7-10(8,9)6-4-2-1-3-5-6/h1-5,10-13,15-16,19H,6-9,14H2,(H,27,29);5-8,10-11,13H,1-4,9H2,(H,22,23);1-5H,(H2,7,8,9). The summed E-state index contributed by atoms with van der Waals surface area (Å²) in [7, 11) is -7.52. The van der Waals surface area contributed by atoms with Crippen LogP contribution in [0.25, 0.3) is 11.6 Å². The molecule has 17 nitrogen and oxygen atoms in total. The highest BCUT2D eigenvalue weighted by Gasteiger charge is 2.42. The van der Waals surface area contributed by atoms with Crippen LogP contribution in [-0.4, -0.2) is 76.6 Å². The van der Waals surface area contributed by atoms with Crippen LogP contribution in [0.2, 0.25) is 10.3 Å². The van der Waals surface area contributed by atoms with Crippen LogP contribution < -0.4 is 19.3 Å². The summed E-state index contributed by atoms with van der Waals surface area (Å²) in [4.78, 5) is 31.9. The van der Waals surface area contributed by atoms with Gasteiger partial charge in [-0.3, -0.25) is 4.79 Å². The number of nitrogens with one attached hydrogen (secondary N) is 1. The van der Waals surface area contributed by atoms with Crippen LogP contribution in [0.4, 0.5) is 0 Å². The fraction of sp³-hybridized carbons (Fsp3) is 0.348. The first-order chi connectivity index (χ1) is 32.1. The highest BCUT2D eigenvalue weighted by molar-refractivity contribution is 7.90. The smallest absolute Gasteiger partial charge is 0.338 e. The quantitative estimate of drug-likeness (QED) is 0.0746. The number of halogens is 2. The van der Waals surface area contributed by atoms with Gasteiger partial charge in [0.15, 0.2) is 11.6 Å². The predicted octanol–water partition coefficient (Wildman–Crippen LogP) is 7.62. The minimum absolute atomic E-state index is 0.0197. The van der Waals surface area contributed by atoms with E-state index in [0.29, 0.717) is 41.8 Å². The fourth-order valence-electron chi connectivity index (χ4n) is 7.68. The Morgan fingerprint density at radius 2 is 1.03 bits per heavy atom. The van der Waals surface area contributed by atoms with Crippen LogP contribution in [-0.2, 0) is 20.0 Å². The number of carbonyl (C=O) groups is 2. The Morgan fingerprint density at radius 1 is 0.627 bits per heavy atom. The van der Waals surface area contributed by atoms with Crippen LogP contribution in [0, 0.1) is 35.5 Å². The summed E-state index contributed by atoms with van der Waals surface area (Å²) in [5.41, 5.74) is -0.0824. The van der Waals surface area contributed by atoms with Gasteiger partial charge in [0, 0.05) is 24.5 Å². The van der Waals surface area contributed by atoms with Gasteiger partial charge in [-0.2, -0.15) is 0 Å². The van der Waals surface area contributed by atoms with E-state index in [9.17, 15) is 26.4 Å². The number of primary sulfonamides is 1. The van der Waals surface area contributed by atoms with E-state index < -0.39 is 31.9 Å². The van der Waals surface area contributed by atoms with Gasteiger partial charge in [-0.1, -0.05) is 59.6 Å². The lowest BCUT2D eigenvalue weighted by Gasteiger charge is -2.14. The molecule has 0 bridgehead atoms. The number of amides is 1. The average Bonchev–Trinajstić information content (AvgIpc) is 4.07. The maximum atomic E-state index is 12.5. The van der Waals surface area contributed by atoms with Gasteiger partial charge in [-0.15, -0.1) is 10.2 Å². The zero-order valence-electron chi connectivity index (χ0n) is 36.0. The van der Waals surface area contributed by atoms with Gasteiger partial charge in [-0.05, 0) is 135 Å². The molecule has 67 heavy (non-hydrogen) atoms. The number of hydrogen-bond donors (Lipinski definition) is 3. The minimum atomic E-state index is -4.02. The summed E-state index contributed by atoms with van der Waals surface area (Å²) >= 11 is 12.1. The number of carbonyl (C=O) groups excluding carboxylic acids is 1. The van der Waals surface area contributed by atoms with E-state index in [4.69, 9.17) is 42.9 Å². The molecule has 2 aromatic carbocycles. The van der Waals surface area contributed by atoms with Crippen molar-refractivity contribution < 1.29 is 41.0 Å². The largest absolute Gasteiger partial charge is 0.478 e. The van der Waals surface area contributed by atoms with Gasteiger partial charge in [-0.25, -0.2) is 50.8 Å². The molecule has 0 radical (unpaired) electrons. The Morgan fingerprint density at radius 3 is 1.39 bits per heavy atom. The Balaban J connectivity index is 0.000000156. The van der Waals surface area contributed by atoms with E-state index in [1.807, 2.05) is 4.72 Å². The third-order valence-electron chi connectivity index (χ3n) is 11.9. The fourth-order valence-corrected chi connectivity index (χ4v) is 9.67. The molecule has 4 saturated carbocycles. The highest BCUT2D eigenvalue weighted by Crippen LogP contribution is 2.50. The van der Waals surface area contributed by atoms with Crippen molar-refractivity contribution in [2.75, 3.05) is 13.2 Å². The van der Waals surface area contributed by atoms with Crippen molar-refractivity contribution >= 4 is 55.1 Å². The molecule has 4 aliphatic rings. The lowest BCUT2D eigenvalue weighted by molar-refractivity contribution is 0.0696. The number of carboxylic acids is 1. The molecule has 0 unspecified atom stereocenters. The second kappa shape index (κ2) is 20.6. The molecule has 0 atom stereocenters. The summed E-state index contributed by atoms with van der Waals surface area (Å²) in [5, 5.41) is 22.4. The van der Waals surface area contributed by atoms with Gasteiger partial charge in [0.1, 0.15) is 10.3 Å². The molecular formula is C46H48Cl2N8O9S2. The molecule has 4 aromatic heterocycles. The monoisotopic (exact) mass is 990 g/mol. The maximum absolute atomic E-state index is 12.5. The van der Waals surface area contributed by atoms with Gasteiger partial charge in [0.25, 0.3) is 15.9 Å². The molecule has 352 valence electrons.